The van der Waals surface area contributed by atoms with Gasteiger partial charge >= 0.3 is 0 Å². The lowest BCUT2D eigenvalue weighted by Crippen LogP contribution is -2.34. The number of halogens is 1. The molecule has 0 spiro atoms. The molecule has 1 unspecified atom stereocenters. The van der Waals surface area contributed by atoms with Crippen molar-refractivity contribution in [2.75, 3.05) is 6.54 Å². The third-order valence-electron chi connectivity index (χ3n) is 4.18. The Hall–Kier alpha value is -1.66. The first-order chi connectivity index (χ1) is 11.1. The van der Waals surface area contributed by atoms with E-state index in [1.165, 1.54) is 5.56 Å². The van der Waals surface area contributed by atoms with Gasteiger partial charge in [0.25, 0.3) is 5.91 Å². The minimum Gasteiger partial charge on any atom is -0.348 e. The predicted octanol–water partition coefficient (Wildman–Crippen LogP) is 2.57. The number of aromatic amines is 1. The van der Waals surface area contributed by atoms with Crippen LogP contribution in [-0.2, 0) is 19.4 Å². The van der Waals surface area contributed by atoms with Crippen LogP contribution < -0.4 is 10.6 Å². The average Bonchev–Trinajstić information content (AvgIpc) is 2.98. The monoisotopic (exact) mass is 376 g/mol. The molecule has 1 amide bonds. The summed E-state index contributed by atoms with van der Waals surface area (Å²) in [4.78, 5) is 12.4. The molecular weight excluding hydrogens is 356 g/mol. The second-order valence-corrected chi connectivity index (χ2v) is 6.91. The molecule has 5 nitrogen and oxygen atoms in total. The maximum absolute atomic E-state index is 12.4. The fourth-order valence-electron chi connectivity index (χ4n) is 2.81. The molecule has 1 aromatic heterocycles. The van der Waals surface area contributed by atoms with E-state index in [0.717, 1.165) is 41.5 Å². The molecule has 0 saturated heterocycles. The summed E-state index contributed by atoms with van der Waals surface area (Å²) in [6, 6.07) is 8.40. The molecule has 6 heteroatoms. The SMILES string of the molecule is CC(CCc1ccc(Br)cc1)NC(=O)c1n[nH]c2c1CNCC2. The van der Waals surface area contributed by atoms with Gasteiger partial charge in [0.05, 0.1) is 0 Å². The number of carbonyl (C=O) groups excluding carboxylic acids is 1. The number of nitrogens with zero attached hydrogens (tertiary/aromatic N) is 1. The minimum absolute atomic E-state index is 0.0884. The van der Waals surface area contributed by atoms with Crippen molar-refractivity contribution in [1.82, 2.24) is 20.8 Å². The summed E-state index contributed by atoms with van der Waals surface area (Å²) in [5, 5.41) is 13.5. The smallest absolute Gasteiger partial charge is 0.272 e. The quantitative estimate of drug-likeness (QED) is 0.750. The van der Waals surface area contributed by atoms with Crippen molar-refractivity contribution in [3.8, 4) is 0 Å². The molecule has 2 heterocycles. The fourth-order valence-corrected chi connectivity index (χ4v) is 3.08. The number of rotatable bonds is 5. The lowest BCUT2D eigenvalue weighted by molar-refractivity contribution is 0.0932. The zero-order valence-electron chi connectivity index (χ0n) is 13.2. The van der Waals surface area contributed by atoms with E-state index in [0.29, 0.717) is 12.2 Å². The van der Waals surface area contributed by atoms with Crippen molar-refractivity contribution in [2.24, 2.45) is 0 Å². The highest BCUT2D eigenvalue weighted by molar-refractivity contribution is 9.10. The van der Waals surface area contributed by atoms with E-state index in [2.05, 4.69) is 48.9 Å². The summed E-state index contributed by atoms with van der Waals surface area (Å²) in [5.41, 5.74) is 3.89. The molecule has 0 aliphatic carbocycles. The third-order valence-corrected chi connectivity index (χ3v) is 4.71. The Morgan fingerprint density at radius 2 is 2.17 bits per heavy atom. The molecule has 3 N–H and O–H groups in total. The summed E-state index contributed by atoms with van der Waals surface area (Å²) in [5.74, 6) is -0.0884. The van der Waals surface area contributed by atoms with Crippen molar-refractivity contribution in [2.45, 2.75) is 38.8 Å². The van der Waals surface area contributed by atoms with Gasteiger partial charge in [-0.05, 0) is 37.5 Å². The lowest BCUT2D eigenvalue weighted by Gasteiger charge is -2.15. The number of hydrogen-bond acceptors (Lipinski definition) is 3. The van der Waals surface area contributed by atoms with Gasteiger partial charge in [-0.25, -0.2) is 0 Å². The fraction of sp³-hybridized carbons (Fsp3) is 0.412. The zero-order chi connectivity index (χ0) is 16.2. The number of carbonyl (C=O) groups is 1. The Morgan fingerprint density at radius 1 is 1.39 bits per heavy atom. The molecule has 3 rings (SSSR count). The van der Waals surface area contributed by atoms with E-state index < -0.39 is 0 Å². The topological polar surface area (TPSA) is 69.8 Å². The van der Waals surface area contributed by atoms with Gasteiger partial charge in [0.15, 0.2) is 5.69 Å². The number of aromatic nitrogens is 2. The normalized spacial score (nSPS) is 15.0. The van der Waals surface area contributed by atoms with E-state index in [-0.39, 0.29) is 11.9 Å². The molecule has 0 saturated carbocycles. The number of fused-ring (bicyclic) bond motifs is 1. The standard InChI is InChI=1S/C17H21BrN4O/c1-11(2-3-12-4-6-13(18)7-5-12)20-17(23)16-14-10-19-9-8-15(14)21-22-16/h4-7,11,19H,2-3,8-10H2,1H3,(H,20,23)(H,21,22). The molecular formula is C17H21BrN4O. The number of H-pyrrole nitrogens is 1. The Morgan fingerprint density at radius 3 is 2.96 bits per heavy atom. The summed E-state index contributed by atoms with van der Waals surface area (Å²) in [6.45, 7) is 3.68. The lowest BCUT2D eigenvalue weighted by atomic mass is 10.0. The van der Waals surface area contributed by atoms with Crippen LogP contribution in [0, 0.1) is 0 Å². The third kappa shape index (κ3) is 4.00. The van der Waals surface area contributed by atoms with E-state index in [1.54, 1.807) is 0 Å². The Kier molecular flexibility index (Phi) is 5.13. The van der Waals surface area contributed by atoms with E-state index >= 15 is 0 Å². The van der Waals surface area contributed by atoms with Crippen LogP contribution in [0.1, 0.15) is 40.7 Å². The molecule has 1 aliphatic heterocycles. The maximum atomic E-state index is 12.4. The van der Waals surface area contributed by atoms with Crippen LogP contribution in [0.2, 0.25) is 0 Å². The van der Waals surface area contributed by atoms with Crippen molar-refractivity contribution in [1.29, 1.82) is 0 Å². The maximum Gasteiger partial charge on any atom is 0.272 e. The molecule has 0 fully saturated rings. The van der Waals surface area contributed by atoms with Crippen LogP contribution in [0.25, 0.3) is 0 Å². The average molecular weight is 377 g/mol. The zero-order valence-corrected chi connectivity index (χ0v) is 14.7. The minimum atomic E-state index is -0.0884. The van der Waals surface area contributed by atoms with Crippen LogP contribution >= 0.6 is 15.9 Å². The summed E-state index contributed by atoms with van der Waals surface area (Å²) in [7, 11) is 0. The Balaban J connectivity index is 1.55. The Labute approximate surface area is 144 Å². The van der Waals surface area contributed by atoms with Crippen LogP contribution in [-0.4, -0.2) is 28.7 Å². The highest BCUT2D eigenvalue weighted by Crippen LogP contribution is 2.16. The molecule has 122 valence electrons. The van der Waals surface area contributed by atoms with Crippen LogP contribution in [0.4, 0.5) is 0 Å². The van der Waals surface area contributed by atoms with Gasteiger partial charge < -0.3 is 10.6 Å². The first-order valence-electron chi connectivity index (χ1n) is 7.95. The van der Waals surface area contributed by atoms with Gasteiger partial charge in [-0.3, -0.25) is 9.89 Å². The number of aryl methyl sites for hydroxylation is 1. The van der Waals surface area contributed by atoms with Gasteiger partial charge in [0, 0.05) is 41.3 Å². The van der Waals surface area contributed by atoms with Gasteiger partial charge in [0.1, 0.15) is 0 Å². The van der Waals surface area contributed by atoms with E-state index in [1.807, 2.05) is 19.1 Å². The number of hydrogen-bond donors (Lipinski definition) is 3. The van der Waals surface area contributed by atoms with E-state index in [9.17, 15) is 4.79 Å². The molecule has 1 atom stereocenters. The first kappa shape index (κ1) is 16.2. The van der Waals surface area contributed by atoms with Crippen molar-refractivity contribution >= 4 is 21.8 Å². The van der Waals surface area contributed by atoms with Crippen molar-refractivity contribution in [3.05, 3.63) is 51.3 Å². The summed E-state index contributed by atoms with van der Waals surface area (Å²) >= 11 is 3.44. The van der Waals surface area contributed by atoms with Gasteiger partial charge in [-0.1, -0.05) is 28.1 Å². The molecule has 1 aromatic carbocycles. The van der Waals surface area contributed by atoms with Crippen LogP contribution in [0.5, 0.6) is 0 Å². The second-order valence-electron chi connectivity index (χ2n) is 6.00. The molecule has 23 heavy (non-hydrogen) atoms. The Bertz CT molecular complexity index is 680. The van der Waals surface area contributed by atoms with Gasteiger partial charge in [-0.2, -0.15) is 5.10 Å². The highest BCUT2D eigenvalue weighted by Gasteiger charge is 2.22. The predicted molar refractivity (Wildman–Crippen MR) is 93.4 cm³/mol. The summed E-state index contributed by atoms with van der Waals surface area (Å²) in [6.07, 6.45) is 2.74. The number of amides is 1. The van der Waals surface area contributed by atoms with Crippen molar-refractivity contribution < 1.29 is 4.79 Å². The molecule has 0 radical (unpaired) electrons. The van der Waals surface area contributed by atoms with Gasteiger partial charge in [0.2, 0.25) is 0 Å². The number of nitrogens with one attached hydrogen (secondary N) is 3. The highest BCUT2D eigenvalue weighted by atomic mass is 79.9. The summed E-state index contributed by atoms with van der Waals surface area (Å²) < 4.78 is 1.08. The molecule has 1 aliphatic rings. The molecule has 2 aromatic rings. The van der Waals surface area contributed by atoms with Crippen LogP contribution in [0.3, 0.4) is 0 Å². The number of benzene rings is 1. The first-order valence-corrected chi connectivity index (χ1v) is 8.75. The molecule has 0 bridgehead atoms. The second kappa shape index (κ2) is 7.27. The van der Waals surface area contributed by atoms with Crippen molar-refractivity contribution in [3.63, 3.8) is 0 Å². The van der Waals surface area contributed by atoms with E-state index in [4.69, 9.17) is 0 Å². The van der Waals surface area contributed by atoms with Crippen LogP contribution in [0.15, 0.2) is 28.7 Å². The largest absolute Gasteiger partial charge is 0.348 e. The van der Waals surface area contributed by atoms with Gasteiger partial charge in [-0.15, -0.1) is 0 Å².